The highest BCUT2D eigenvalue weighted by molar-refractivity contribution is 6.52. The van der Waals surface area contributed by atoms with E-state index in [1.54, 1.807) is 12.1 Å². The van der Waals surface area contributed by atoms with E-state index < -0.39 is 11.6 Å². The number of aromatic nitrogens is 1. The molecule has 2 aromatic rings. The predicted octanol–water partition coefficient (Wildman–Crippen LogP) is 3.38. The lowest BCUT2D eigenvalue weighted by Gasteiger charge is -2.10. The van der Waals surface area contributed by atoms with E-state index in [0.717, 1.165) is 12.8 Å². The van der Waals surface area contributed by atoms with Crippen LogP contribution in [0.1, 0.15) is 58.3 Å². The fourth-order valence-corrected chi connectivity index (χ4v) is 3.13. The van der Waals surface area contributed by atoms with E-state index in [0.29, 0.717) is 22.8 Å². The second-order valence-electron chi connectivity index (χ2n) is 5.42. The summed E-state index contributed by atoms with van der Waals surface area (Å²) in [6.07, 6.45) is 4.43. The van der Waals surface area contributed by atoms with Gasteiger partial charge in [-0.05, 0) is 12.8 Å². The van der Waals surface area contributed by atoms with Gasteiger partial charge >= 0.3 is 0 Å². The minimum absolute atomic E-state index is 0.190. The largest absolute Gasteiger partial charge is 0.440 e. The number of fused-ring (bicyclic) bond motifs is 3. The van der Waals surface area contributed by atoms with Crippen molar-refractivity contribution in [1.29, 1.82) is 0 Å². The van der Waals surface area contributed by atoms with E-state index >= 15 is 0 Å². The van der Waals surface area contributed by atoms with E-state index in [1.807, 2.05) is 12.1 Å². The molecule has 1 aromatic carbocycles. The molecule has 0 spiro atoms. The fraction of sp³-hybridized carbons (Fsp3) is 0.312. The minimum Gasteiger partial charge on any atom is -0.440 e. The van der Waals surface area contributed by atoms with Crippen LogP contribution < -0.4 is 0 Å². The summed E-state index contributed by atoms with van der Waals surface area (Å²) in [6.45, 7) is 0. The lowest BCUT2D eigenvalue weighted by Crippen LogP contribution is -2.20. The van der Waals surface area contributed by atoms with Crippen molar-refractivity contribution in [2.45, 2.75) is 31.6 Å². The standard InChI is InChI=1S/C16H13NO3/c18-13-10-7-3-4-8-11(10)15-12(14(13)19)17-16(20-15)9-5-1-2-6-9/h3-4,7-9H,1-2,5-6H2. The average Bonchev–Trinajstić information content (AvgIpc) is 3.13. The van der Waals surface area contributed by atoms with Crippen molar-refractivity contribution in [2.24, 2.45) is 0 Å². The van der Waals surface area contributed by atoms with Gasteiger partial charge < -0.3 is 4.42 Å². The average molecular weight is 267 g/mol. The van der Waals surface area contributed by atoms with Gasteiger partial charge in [-0.2, -0.15) is 0 Å². The number of carbonyl (C=O) groups excluding carboxylic acids is 2. The van der Waals surface area contributed by atoms with Crippen LogP contribution in [0, 0.1) is 0 Å². The quantitative estimate of drug-likeness (QED) is 0.743. The maximum Gasteiger partial charge on any atom is 0.255 e. The molecule has 0 radical (unpaired) electrons. The number of carbonyl (C=O) groups is 2. The SMILES string of the molecule is O=C1C(=O)c2nc(C3CCCC3)oc2-c2ccccc21. The summed E-state index contributed by atoms with van der Waals surface area (Å²) in [5.74, 6) is 0.333. The second-order valence-corrected chi connectivity index (χ2v) is 5.42. The Morgan fingerprint density at radius 2 is 1.70 bits per heavy atom. The van der Waals surface area contributed by atoms with Crippen molar-refractivity contribution in [3.63, 3.8) is 0 Å². The van der Waals surface area contributed by atoms with Crippen LogP contribution >= 0.6 is 0 Å². The zero-order chi connectivity index (χ0) is 13.7. The normalized spacial score (nSPS) is 18.2. The molecule has 1 aromatic heterocycles. The van der Waals surface area contributed by atoms with Crippen molar-refractivity contribution in [1.82, 2.24) is 4.98 Å². The molecule has 2 aliphatic rings. The number of hydrogen-bond donors (Lipinski definition) is 0. The molecule has 1 heterocycles. The summed E-state index contributed by atoms with van der Waals surface area (Å²) in [5.41, 5.74) is 1.29. The molecule has 0 unspecified atom stereocenters. The van der Waals surface area contributed by atoms with Gasteiger partial charge in [0.1, 0.15) is 0 Å². The Morgan fingerprint density at radius 1 is 1.00 bits per heavy atom. The number of rotatable bonds is 1. The van der Waals surface area contributed by atoms with E-state index in [9.17, 15) is 9.59 Å². The second kappa shape index (κ2) is 4.13. The molecular formula is C16H13NO3. The molecule has 0 N–H and O–H groups in total. The molecule has 0 saturated heterocycles. The van der Waals surface area contributed by atoms with Crippen molar-refractivity contribution in [2.75, 3.05) is 0 Å². The van der Waals surface area contributed by atoms with Gasteiger partial charge in [0.2, 0.25) is 5.78 Å². The molecular weight excluding hydrogens is 254 g/mol. The summed E-state index contributed by atoms with van der Waals surface area (Å²) in [6, 6.07) is 7.06. The Bertz CT molecular complexity index is 723. The Hall–Kier alpha value is -2.23. The molecule has 4 heteroatoms. The molecule has 100 valence electrons. The van der Waals surface area contributed by atoms with Crippen LogP contribution in [0.4, 0.5) is 0 Å². The Labute approximate surface area is 115 Å². The van der Waals surface area contributed by atoms with Crippen molar-refractivity contribution >= 4 is 11.6 Å². The molecule has 0 aliphatic heterocycles. The maximum atomic E-state index is 12.1. The summed E-state index contributed by atoms with van der Waals surface area (Å²) >= 11 is 0. The monoisotopic (exact) mass is 267 g/mol. The maximum absolute atomic E-state index is 12.1. The van der Waals surface area contributed by atoms with Gasteiger partial charge in [-0.15, -0.1) is 0 Å². The zero-order valence-electron chi connectivity index (χ0n) is 10.9. The third-order valence-electron chi connectivity index (χ3n) is 4.19. The van der Waals surface area contributed by atoms with Gasteiger partial charge in [0.05, 0.1) is 0 Å². The van der Waals surface area contributed by atoms with E-state index in [-0.39, 0.29) is 11.6 Å². The highest BCUT2D eigenvalue weighted by atomic mass is 16.4. The van der Waals surface area contributed by atoms with Gasteiger partial charge in [0, 0.05) is 17.0 Å². The van der Waals surface area contributed by atoms with Crippen molar-refractivity contribution in [3.8, 4) is 11.3 Å². The van der Waals surface area contributed by atoms with Crippen LogP contribution in [0.5, 0.6) is 0 Å². The number of benzene rings is 1. The van der Waals surface area contributed by atoms with Crippen molar-refractivity contribution in [3.05, 3.63) is 41.4 Å². The molecule has 0 atom stereocenters. The minimum atomic E-state index is -0.549. The molecule has 0 bridgehead atoms. The van der Waals surface area contributed by atoms with Crippen LogP contribution in [0.3, 0.4) is 0 Å². The Balaban J connectivity index is 1.90. The highest BCUT2D eigenvalue weighted by Gasteiger charge is 2.36. The third kappa shape index (κ3) is 1.51. The molecule has 4 rings (SSSR count). The smallest absolute Gasteiger partial charge is 0.255 e. The number of hydrogen-bond acceptors (Lipinski definition) is 4. The Kier molecular flexibility index (Phi) is 2.39. The van der Waals surface area contributed by atoms with Gasteiger partial charge in [-0.1, -0.05) is 37.1 Å². The van der Waals surface area contributed by atoms with E-state index in [2.05, 4.69) is 4.98 Å². The summed E-state index contributed by atoms with van der Waals surface area (Å²) in [4.78, 5) is 28.5. The fourth-order valence-electron chi connectivity index (χ4n) is 3.13. The zero-order valence-corrected chi connectivity index (χ0v) is 10.9. The third-order valence-corrected chi connectivity index (χ3v) is 4.19. The van der Waals surface area contributed by atoms with Crippen LogP contribution in [0.15, 0.2) is 28.7 Å². The summed E-state index contributed by atoms with van der Waals surface area (Å²) < 4.78 is 5.85. The van der Waals surface area contributed by atoms with Crippen LogP contribution in [0.25, 0.3) is 11.3 Å². The van der Waals surface area contributed by atoms with E-state index in [1.165, 1.54) is 12.8 Å². The van der Waals surface area contributed by atoms with Gasteiger partial charge in [-0.25, -0.2) is 4.98 Å². The number of nitrogens with zero attached hydrogens (tertiary/aromatic N) is 1. The molecule has 0 amide bonds. The first-order chi connectivity index (χ1) is 9.75. The molecule has 20 heavy (non-hydrogen) atoms. The topological polar surface area (TPSA) is 60.2 Å². The Morgan fingerprint density at radius 3 is 2.45 bits per heavy atom. The molecule has 2 aliphatic carbocycles. The van der Waals surface area contributed by atoms with Crippen LogP contribution in [-0.4, -0.2) is 16.6 Å². The van der Waals surface area contributed by atoms with Gasteiger partial charge in [0.15, 0.2) is 17.3 Å². The highest BCUT2D eigenvalue weighted by Crippen LogP contribution is 2.39. The van der Waals surface area contributed by atoms with Crippen LogP contribution in [0.2, 0.25) is 0 Å². The van der Waals surface area contributed by atoms with Crippen LogP contribution in [-0.2, 0) is 0 Å². The lowest BCUT2D eigenvalue weighted by atomic mass is 9.91. The lowest BCUT2D eigenvalue weighted by molar-refractivity contribution is 0.0812. The van der Waals surface area contributed by atoms with Crippen molar-refractivity contribution < 1.29 is 14.0 Å². The summed E-state index contributed by atoms with van der Waals surface area (Å²) in [5, 5.41) is 0. The molecule has 1 saturated carbocycles. The number of Topliss-reactive ketones (excluding diaryl/α,β-unsaturated/α-hetero) is 2. The summed E-state index contributed by atoms with van der Waals surface area (Å²) in [7, 11) is 0. The molecule has 4 nitrogen and oxygen atoms in total. The number of oxazole rings is 1. The first-order valence-electron chi connectivity index (χ1n) is 6.95. The first kappa shape index (κ1) is 11.6. The molecule has 1 fully saturated rings. The van der Waals surface area contributed by atoms with Gasteiger partial charge in [-0.3, -0.25) is 9.59 Å². The predicted molar refractivity (Wildman–Crippen MR) is 71.8 cm³/mol. The first-order valence-corrected chi connectivity index (χ1v) is 6.95. The van der Waals surface area contributed by atoms with Gasteiger partial charge in [0.25, 0.3) is 5.78 Å². The number of ketones is 2. The van der Waals surface area contributed by atoms with E-state index in [4.69, 9.17) is 4.42 Å².